The first kappa shape index (κ1) is 21.3. The molecule has 0 bridgehead atoms. The average molecular weight is 407 g/mol. The SMILES string of the molecule is CCn1ccnc1CN(CC(C)c1ccc(F)cc1)C1CC12CCNCC2.Cl. The van der Waals surface area contributed by atoms with Gasteiger partial charge in [0.05, 0.1) is 6.54 Å². The fraction of sp³-hybridized carbons (Fsp3) is 0.591. The molecule has 4 nitrogen and oxygen atoms in total. The maximum Gasteiger partial charge on any atom is 0.123 e. The Balaban J connectivity index is 0.00000225. The van der Waals surface area contributed by atoms with Crippen molar-refractivity contribution >= 4 is 12.4 Å². The number of imidazole rings is 1. The van der Waals surface area contributed by atoms with Crippen LogP contribution in [-0.2, 0) is 13.1 Å². The van der Waals surface area contributed by atoms with Gasteiger partial charge in [-0.05, 0) is 68.3 Å². The van der Waals surface area contributed by atoms with Gasteiger partial charge in [0.2, 0.25) is 0 Å². The first-order valence-electron chi connectivity index (χ1n) is 10.3. The van der Waals surface area contributed by atoms with Crippen LogP contribution < -0.4 is 5.32 Å². The van der Waals surface area contributed by atoms with Crippen molar-refractivity contribution < 1.29 is 4.39 Å². The van der Waals surface area contributed by atoms with Crippen molar-refractivity contribution in [2.45, 2.75) is 58.2 Å². The quantitative estimate of drug-likeness (QED) is 0.747. The number of nitrogens with zero attached hydrogens (tertiary/aromatic N) is 3. The van der Waals surface area contributed by atoms with Gasteiger partial charge in [-0.25, -0.2) is 9.37 Å². The topological polar surface area (TPSA) is 33.1 Å². The van der Waals surface area contributed by atoms with E-state index in [0.717, 1.165) is 38.5 Å². The first-order valence-corrected chi connectivity index (χ1v) is 10.3. The van der Waals surface area contributed by atoms with E-state index in [4.69, 9.17) is 0 Å². The third-order valence-corrected chi connectivity index (χ3v) is 6.62. The molecule has 2 aliphatic rings. The number of aromatic nitrogens is 2. The van der Waals surface area contributed by atoms with Crippen molar-refractivity contribution in [1.29, 1.82) is 0 Å². The molecule has 2 atom stereocenters. The van der Waals surface area contributed by atoms with Crippen molar-refractivity contribution in [2.24, 2.45) is 5.41 Å². The predicted octanol–water partition coefficient (Wildman–Crippen LogP) is 4.21. The van der Waals surface area contributed by atoms with Gasteiger partial charge in [0.25, 0.3) is 0 Å². The summed E-state index contributed by atoms with van der Waals surface area (Å²) in [6.45, 7) is 9.54. The molecule has 1 saturated heterocycles. The maximum absolute atomic E-state index is 13.3. The summed E-state index contributed by atoms with van der Waals surface area (Å²) in [5.41, 5.74) is 1.71. The molecular formula is C22H32ClFN4. The summed E-state index contributed by atoms with van der Waals surface area (Å²) >= 11 is 0. The van der Waals surface area contributed by atoms with Crippen molar-refractivity contribution in [3.63, 3.8) is 0 Å². The molecule has 1 saturated carbocycles. The molecule has 6 heteroatoms. The zero-order chi connectivity index (χ0) is 18.9. The number of benzene rings is 1. The third kappa shape index (κ3) is 4.42. The Morgan fingerprint density at radius 3 is 2.68 bits per heavy atom. The Labute approximate surface area is 173 Å². The van der Waals surface area contributed by atoms with Gasteiger partial charge in [0.15, 0.2) is 0 Å². The fourth-order valence-corrected chi connectivity index (χ4v) is 4.82. The number of hydrogen-bond donors (Lipinski definition) is 1. The summed E-state index contributed by atoms with van der Waals surface area (Å²) in [5.74, 6) is 1.36. The molecule has 2 fully saturated rings. The minimum absolute atomic E-state index is 0. The second-order valence-electron chi connectivity index (χ2n) is 8.34. The summed E-state index contributed by atoms with van der Waals surface area (Å²) in [7, 11) is 0. The van der Waals surface area contributed by atoms with Crippen molar-refractivity contribution in [3.05, 3.63) is 53.9 Å². The van der Waals surface area contributed by atoms with Gasteiger partial charge in [-0.15, -0.1) is 12.4 Å². The van der Waals surface area contributed by atoms with Gasteiger partial charge in [0.1, 0.15) is 11.6 Å². The molecule has 0 amide bonds. The van der Waals surface area contributed by atoms with E-state index in [1.165, 1.54) is 24.8 Å². The van der Waals surface area contributed by atoms with E-state index < -0.39 is 0 Å². The molecule has 1 aliphatic heterocycles. The highest BCUT2D eigenvalue weighted by atomic mass is 35.5. The van der Waals surface area contributed by atoms with Crippen molar-refractivity contribution in [2.75, 3.05) is 19.6 Å². The molecule has 1 aliphatic carbocycles. The maximum atomic E-state index is 13.3. The lowest BCUT2D eigenvalue weighted by molar-refractivity contribution is 0.182. The van der Waals surface area contributed by atoms with Gasteiger partial charge in [-0.3, -0.25) is 4.90 Å². The van der Waals surface area contributed by atoms with Crippen LogP contribution in [0.3, 0.4) is 0 Å². The van der Waals surface area contributed by atoms with E-state index in [0.29, 0.717) is 17.4 Å². The highest BCUT2D eigenvalue weighted by Crippen LogP contribution is 2.56. The minimum Gasteiger partial charge on any atom is -0.334 e. The molecule has 1 aromatic heterocycles. The van der Waals surface area contributed by atoms with Crippen LogP contribution in [0.5, 0.6) is 0 Å². The largest absolute Gasteiger partial charge is 0.334 e. The molecule has 1 N–H and O–H groups in total. The smallest absolute Gasteiger partial charge is 0.123 e. The van der Waals surface area contributed by atoms with Crippen LogP contribution >= 0.6 is 12.4 Å². The highest BCUT2D eigenvalue weighted by molar-refractivity contribution is 5.85. The Morgan fingerprint density at radius 2 is 2.00 bits per heavy atom. The van der Waals surface area contributed by atoms with Crippen LogP contribution in [0.15, 0.2) is 36.7 Å². The van der Waals surface area contributed by atoms with Crippen LogP contribution in [-0.4, -0.2) is 40.1 Å². The predicted molar refractivity (Wildman–Crippen MR) is 113 cm³/mol. The number of aryl methyl sites for hydroxylation is 1. The summed E-state index contributed by atoms with van der Waals surface area (Å²) in [4.78, 5) is 7.27. The zero-order valence-corrected chi connectivity index (χ0v) is 17.7. The zero-order valence-electron chi connectivity index (χ0n) is 16.9. The van der Waals surface area contributed by atoms with E-state index in [-0.39, 0.29) is 18.2 Å². The molecule has 28 heavy (non-hydrogen) atoms. The lowest BCUT2D eigenvalue weighted by Crippen LogP contribution is -2.38. The second-order valence-corrected chi connectivity index (χ2v) is 8.34. The number of hydrogen-bond acceptors (Lipinski definition) is 3. The Bertz CT molecular complexity index is 754. The first-order chi connectivity index (χ1) is 13.1. The van der Waals surface area contributed by atoms with E-state index in [1.54, 1.807) is 12.1 Å². The van der Waals surface area contributed by atoms with Gasteiger partial charge in [-0.2, -0.15) is 0 Å². The summed E-state index contributed by atoms with van der Waals surface area (Å²) < 4.78 is 15.5. The number of halogens is 2. The van der Waals surface area contributed by atoms with E-state index >= 15 is 0 Å². The molecule has 1 spiro atoms. The molecule has 0 radical (unpaired) electrons. The Kier molecular flexibility index (Phi) is 6.79. The van der Waals surface area contributed by atoms with Crippen LogP contribution in [0.1, 0.15) is 50.4 Å². The van der Waals surface area contributed by atoms with E-state index in [9.17, 15) is 4.39 Å². The van der Waals surface area contributed by atoms with Crippen LogP contribution in [0, 0.1) is 11.2 Å². The van der Waals surface area contributed by atoms with E-state index in [1.807, 2.05) is 18.3 Å². The summed E-state index contributed by atoms with van der Waals surface area (Å²) in [5, 5.41) is 3.51. The lowest BCUT2D eigenvalue weighted by atomic mass is 9.93. The minimum atomic E-state index is -0.163. The molecule has 2 aromatic rings. The summed E-state index contributed by atoms with van der Waals surface area (Å²) in [6.07, 6.45) is 7.85. The van der Waals surface area contributed by atoms with Crippen molar-refractivity contribution in [1.82, 2.24) is 19.8 Å². The molecular weight excluding hydrogens is 375 g/mol. The van der Waals surface area contributed by atoms with Gasteiger partial charge < -0.3 is 9.88 Å². The van der Waals surface area contributed by atoms with Crippen molar-refractivity contribution in [3.8, 4) is 0 Å². The number of rotatable bonds is 7. The molecule has 2 unspecified atom stereocenters. The molecule has 2 heterocycles. The number of piperidine rings is 1. The third-order valence-electron chi connectivity index (χ3n) is 6.62. The molecule has 4 rings (SSSR count). The Hall–Kier alpha value is -1.43. The standard InChI is InChI=1S/C22H31FN4.ClH/c1-3-26-13-12-25-21(26)16-27(20-14-22(20)8-10-24-11-9-22)15-17(2)18-4-6-19(23)7-5-18;/h4-7,12-13,17,20,24H,3,8-11,14-16H2,1-2H3;1H. The van der Waals surface area contributed by atoms with Crippen LogP contribution in [0.25, 0.3) is 0 Å². The fourth-order valence-electron chi connectivity index (χ4n) is 4.82. The lowest BCUT2D eigenvalue weighted by Gasteiger charge is -2.31. The number of nitrogens with one attached hydrogen (secondary N) is 1. The van der Waals surface area contributed by atoms with Crippen LogP contribution in [0.4, 0.5) is 4.39 Å². The van der Waals surface area contributed by atoms with Gasteiger partial charge in [0, 0.05) is 31.5 Å². The average Bonchev–Trinajstić information content (AvgIpc) is 3.17. The highest BCUT2D eigenvalue weighted by Gasteiger charge is 2.56. The van der Waals surface area contributed by atoms with Crippen LogP contribution in [0.2, 0.25) is 0 Å². The normalized spacial score (nSPS) is 21.5. The monoisotopic (exact) mass is 406 g/mol. The Morgan fingerprint density at radius 1 is 1.29 bits per heavy atom. The summed E-state index contributed by atoms with van der Waals surface area (Å²) in [6, 6.07) is 7.65. The second kappa shape index (κ2) is 8.93. The van der Waals surface area contributed by atoms with Gasteiger partial charge >= 0.3 is 0 Å². The van der Waals surface area contributed by atoms with E-state index in [2.05, 4.69) is 39.8 Å². The molecule has 1 aromatic carbocycles. The molecule has 154 valence electrons. The van der Waals surface area contributed by atoms with Gasteiger partial charge in [-0.1, -0.05) is 19.1 Å².